The molecule has 2 unspecified atom stereocenters. The Balaban J connectivity index is 1.64. The molecule has 0 bridgehead atoms. The van der Waals surface area contributed by atoms with E-state index in [9.17, 15) is 18.0 Å². The van der Waals surface area contributed by atoms with Crippen LogP contribution in [0.25, 0.3) is 0 Å². The molecule has 0 spiro atoms. The van der Waals surface area contributed by atoms with E-state index >= 15 is 0 Å². The second-order valence-corrected chi connectivity index (χ2v) is 10.9. The van der Waals surface area contributed by atoms with E-state index in [-0.39, 0.29) is 45.9 Å². The quantitative estimate of drug-likeness (QED) is 0.378. The third-order valence-corrected chi connectivity index (χ3v) is 7.63. The van der Waals surface area contributed by atoms with Gasteiger partial charge in [-0.3, -0.25) is 9.59 Å². The molecule has 6 nitrogen and oxygen atoms in total. The van der Waals surface area contributed by atoms with Crippen molar-refractivity contribution in [2.75, 3.05) is 11.5 Å². The van der Waals surface area contributed by atoms with Crippen LogP contribution in [0.3, 0.4) is 0 Å². The number of ether oxygens (including phenoxy) is 2. The van der Waals surface area contributed by atoms with Crippen LogP contribution >= 0.6 is 46.4 Å². The highest BCUT2D eigenvalue weighted by Crippen LogP contribution is 2.34. The number of rotatable bonds is 6. The SMILES string of the molecule is O=C(CC1CS(=O)(=O)CC1CC(=O)Oc1ccc(Cl)cc1Cl)Oc1ccc(Cl)cc1Cl. The zero-order chi connectivity index (χ0) is 22.8. The van der Waals surface area contributed by atoms with E-state index < -0.39 is 33.6 Å². The predicted molar refractivity (Wildman–Crippen MR) is 119 cm³/mol. The van der Waals surface area contributed by atoms with Gasteiger partial charge in [-0.25, -0.2) is 8.42 Å². The molecule has 1 aliphatic heterocycles. The first-order valence-corrected chi connectivity index (χ1v) is 12.4. The van der Waals surface area contributed by atoms with E-state index in [1.807, 2.05) is 0 Å². The van der Waals surface area contributed by atoms with Gasteiger partial charge in [-0.2, -0.15) is 0 Å². The smallest absolute Gasteiger partial charge is 0.311 e. The molecule has 0 saturated carbocycles. The number of carbonyl (C=O) groups excluding carboxylic acids is 2. The zero-order valence-electron chi connectivity index (χ0n) is 15.8. The van der Waals surface area contributed by atoms with E-state index in [0.29, 0.717) is 10.0 Å². The van der Waals surface area contributed by atoms with Crippen LogP contribution in [-0.4, -0.2) is 31.9 Å². The van der Waals surface area contributed by atoms with E-state index in [2.05, 4.69) is 0 Å². The highest BCUT2D eigenvalue weighted by Gasteiger charge is 2.40. The minimum atomic E-state index is -3.41. The number of sulfone groups is 1. The summed E-state index contributed by atoms with van der Waals surface area (Å²) in [5, 5.41) is 1.07. The van der Waals surface area contributed by atoms with E-state index in [1.54, 1.807) is 0 Å². The maximum absolute atomic E-state index is 12.4. The van der Waals surface area contributed by atoms with Crippen LogP contribution in [0.5, 0.6) is 11.5 Å². The molecule has 3 rings (SSSR count). The summed E-state index contributed by atoms with van der Waals surface area (Å²) in [6, 6.07) is 8.75. The lowest BCUT2D eigenvalue weighted by Crippen LogP contribution is -2.23. The van der Waals surface area contributed by atoms with Gasteiger partial charge in [-0.05, 0) is 48.2 Å². The highest BCUT2D eigenvalue weighted by atomic mass is 35.5. The first-order chi connectivity index (χ1) is 14.5. The average Bonchev–Trinajstić information content (AvgIpc) is 2.92. The molecule has 1 saturated heterocycles. The monoisotopic (exact) mass is 524 g/mol. The topological polar surface area (TPSA) is 86.7 Å². The molecule has 2 atom stereocenters. The van der Waals surface area contributed by atoms with Crippen LogP contribution < -0.4 is 9.47 Å². The van der Waals surface area contributed by atoms with Crippen molar-refractivity contribution in [2.45, 2.75) is 12.8 Å². The second kappa shape index (κ2) is 9.96. The Bertz CT molecular complexity index is 1040. The van der Waals surface area contributed by atoms with E-state index in [1.165, 1.54) is 36.4 Å². The fourth-order valence-electron chi connectivity index (χ4n) is 3.32. The number of hydrogen-bond donors (Lipinski definition) is 0. The highest BCUT2D eigenvalue weighted by molar-refractivity contribution is 7.91. The number of hydrogen-bond acceptors (Lipinski definition) is 6. The molecule has 1 aliphatic rings. The van der Waals surface area contributed by atoms with Gasteiger partial charge in [0, 0.05) is 10.0 Å². The Morgan fingerprint density at radius 3 is 1.52 bits per heavy atom. The fourth-order valence-corrected chi connectivity index (χ4v) is 6.43. The summed E-state index contributed by atoms with van der Waals surface area (Å²) in [5.41, 5.74) is 0. The number of benzene rings is 2. The standard InChI is InChI=1S/C20H16Cl4O6S/c21-13-1-3-17(15(23)7-13)29-19(25)5-11-9-31(27,28)10-12(11)6-20(26)30-18-4-2-14(22)8-16(18)24/h1-4,7-8,11-12H,5-6,9-10H2. The Kier molecular flexibility index (Phi) is 7.76. The molecular formula is C20H16Cl4O6S. The number of esters is 2. The summed E-state index contributed by atoms with van der Waals surface area (Å²) in [7, 11) is -3.41. The Morgan fingerprint density at radius 2 is 1.16 bits per heavy atom. The van der Waals surface area contributed by atoms with Crippen LogP contribution in [0.2, 0.25) is 20.1 Å². The lowest BCUT2D eigenvalue weighted by Gasteiger charge is -2.17. The van der Waals surface area contributed by atoms with Crippen molar-refractivity contribution < 1.29 is 27.5 Å². The lowest BCUT2D eigenvalue weighted by molar-refractivity contribution is -0.138. The van der Waals surface area contributed by atoms with Crippen LogP contribution in [-0.2, 0) is 19.4 Å². The molecule has 31 heavy (non-hydrogen) atoms. The van der Waals surface area contributed by atoms with Crippen LogP contribution in [0, 0.1) is 11.8 Å². The molecule has 166 valence electrons. The molecule has 0 aliphatic carbocycles. The van der Waals surface area contributed by atoms with Gasteiger partial charge in [0.15, 0.2) is 9.84 Å². The number of halogens is 4. The van der Waals surface area contributed by atoms with Crippen molar-refractivity contribution in [3.63, 3.8) is 0 Å². The van der Waals surface area contributed by atoms with Gasteiger partial charge in [0.1, 0.15) is 11.5 Å². The van der Waals surface area contributed by atoms with Gasteiger partial charge < -0.3 is 9.47 Å². The Morgan fingerprint density at radius 1 is 0.774 bits per heavy atom. The maximum Gasteiger partial charge on any atom is 0.311 e. The fraction of sp³-hybridized carbons (Fsp3) is 0.300. The molecule has 0 N–H and O–H groups in total. The second-order valence-electron chi connectivity index (χ2n) is 7.10. The molecule has 2 aromatic carbocycles. The largest absolute Gasteiger partial charge is 0.425 e. The van der Waals surface area contributed by atoms with Crippen molar-refractivity contribution >= 4 is 68.2 Å². The van der Waals surface area contributed by atoms with E-state index in [0.717, 1.165) is 0 Å². The number of carbonyl (C=O) groups is 2. The van der Waals surface area contributed by atoms with Gasteiger partial charge in [-0.15, -0.1) is 0 Å². The zero-order valence-corrected chi connectivity index (χ0v) is 19.7. The average molecular weight is 526 g/mol. The van der Waals surface area contributed by atoms with Gasteiger partial charge in [0.2, 0.25) is 0 Å². The first kappa shape index (κ1) is 24.1. The Labute approximate surface area is 199 Å². The molecule has 1 heterocycles. The van der Waals surface area contributed by atoms with Gasteiger partial charge >= 0.3 is 11.9 Å². The summed E-state index contributed by atoms with van der Waals surface area (Å²) in [6.45, 7) is 0. The third kappa shape index (κ3) is 6.73. The van der Waals surface area contributed by atoms with Gasteiger partial charge in [0.05, 0.1) is 34.4 Å². The van der Waals surface area contributed by atoms with Gasteiger partial charge in [0.25, 0.3) is 0 Å². The van der Waals surface area contributed by atoms with E-state index in [4.69, 9.17) is 55.9 Å². The maximum atomic E-state index is 12.4. The molecule has 2 aromatic rings. The molecular weight excluding hydrogens is 510 g/mol. The summed E-state index contributed by atoms with van der Waals surface area (Å²) in [6.07, 6.45) is -0.393. The molecule has 0 amide bonds. The third-order valence-electron chi connectivity index (χ3n) is 4.70. The minimum Gasteiger partial charge on any atom is -0.425 e. The van der Waals surface area contributed by atoms with Crippen LogP contribution in [0.4, 0.5) is 0 Å². The predicted octanol–water partition coefficient (Wildman–Crippen LogP) is 5.25. The van der Waals surface area contributed by atoms with Crippen LogP contribution in [0.15, 0.2) is 36.4 Å². The summed E-state index contributed by atoms with van der Waals surface area (Å²) < 4.78 is 34.7. The summed E-state index contributed by atoms with van der Waals surface area (Å²) in [5.74, 6) is -2.74. The van der Waals surface area contributed by atoms with Gasteiger partial charge in [-0.1, -0.05) is 46.4 Å². The minimum absolute atomic E-state index is 0.116. The van der Waals surface area contributed by atoms with Crippen molar-refractivity contribution in [1.29, 1.82) is 0 Å². The van der Waals surface area contributed by atoms with Crippen molar-refractivity contribution in [3.05, 3.63) is 56.5 Å². The van der Waals surface area contributed by atoms with Crippen molar-refractivity contribution in [3.8, 4) is 11.5 Å². The molecule has 0 radical (unpaired) electrons. The Hall–Kier alpha value is -1.51. The van der Waals surface area contributed by atoms with Crippen LogP contribution in [0.1, 0.15) is 12.8 Å². The molecule has 1 fully saturated rings. The molecule has 0 aromatic heterocycles. The first-order valence-electron chi connectivity index (χ1n) is 9.04. The molecule has 11 heteroatoms. The lowest BCUT2D eigenvalue weighted by atomic mass is 9.90. The van der Waals surface area contributed by atoms with Crippen molar-refractivity contribution in [2.24, 2.45) is 11.8 Å². The summed E-state index contributed by atoms with van der Waals surface area (Å²) in [4.78, 5) is 24.7. The normalized spacial score (nSPS) is 19.7. The van der Waals surface area contributed by atoms with Crippen molar-refractivity contribution in [1.82, 2.24) is 0 Å². The summed E-state index contributed by atoms with van der Waals surface area (Å²) >= 11 is 23.6.